The van der Waals surface area contributed by atoms with E-state index in [2.05, 4.69) is 43.8 Å². The number of benzene rings is 2. The lowest BCUT2D eigenvalue weighted by molar-refractivity contribution is 0.0711. The maximum Gasteiger partial charge on any atom is 0.276 e. The molecule has 0 N–H and O–H groups in total. The number of hydrogen-bond acceptors (Lipinski definition) is 6. The number of aryl methyl sites for hydroxylation is 1. The Hall–Kier alpha value is -3.85. The zero-order valence-corrected chi connectivity index (χ0v) is 21.9. The second-order valence-corrected chi connectivity index (χ2v) is 9.34. The maximum absolute atomic E-state index is 13.7. The molecule has 3 heterocycles. The van der Waals surface area contributed by atoms with Crippen LogP contribution in [0.15, 0.2) is 70.6 Å². The number of ether oxygens (including phenoxy) is 3. The molecular weight excluding hydrogens is 524 g/mol. The zero-order valence-electron chi connectivity index (χ0n) is 20.4. The lowest BCUT2D eigenvalue weighted by Crippen LogP contribution is -2.27. The molecule has 36 heavy (non-hydrogen) atoms. The Bertz CT molecular complexity index is 1460. The molecule has 0 fully saturated rings. The summed E-state index contributed by atoms with van der Waals surface area (Å²) in [5.74, 6) is 1.33. The van der Waals surface area contributed by atoms with Gasteiger partial charge in [-0.1, -0.05) is 15.9 Å². The summed E-state index contributed by atoms with van der Waals surface area (Å²) in [7, 11) is 6.72. The van der Waals surface area contributed by atoms with Gasteiger partial charge in [-0.2, -0.15) is 5.10 Å². The lowest BCUT2D eigenvalue weighted by atomic mass is 9.97. The monoisotopic (exact) mass is 548 g/mol. The molecule has 0 spiro atoms. The Morgan fingerprint density at radius 2 is 1.81 bits per heavy atom. The minimum absolute atomic E-state index is 0.220. The van der Waals surface area contributed by atoms with Crippen LogP contribution >= 0.6 is 15.9 Å². The van der Waals surface area contributed by atoms with Crippen molar-refractivity contribution < 1.29 is 19.0 Å². The Kier molecular flexibility index (Phi) is 6.40. The highest BCUT2D eigenvalue weighted by atomic mass is 79.9. The Balaban J connectivity index is 1.65. The van der Waals surface area contributed by atoms with Crippen molar-refractivity contribution in [2.45, 2.75) is 12.5 Å². The first-order valence-corrected chi connectivity index (χ1v) is 12.1. The molecule has 1 atom stereocenters. The van der Waals surface area contributed by atoms with E-state index in [-0.39, 0.29) is 11.9 Å². The van der Waals surface area contributed by atoms with E-state index in [0.717, 1.165) is 32.2 Å². The van der Waals surface area contributed by atoms with Crippen molar-refractivity contribution >= 4 is 38.5 Å². The van der Waals surface area contributed by atoms with Gasteiger partial charge in [0.25, 0.3) is 5.91 Å². The molecule has 2 aromatic heterocycles. The number of fused-ring (bicyclic) bond motifs is 1. The molecule has 0 radical (unpaired) electrons. The smallest absolute Gasteiger partial charge is 0.276 e. The minimum Gasteiger partial charge on any atom is -0.493 e. The number of methoxy groups -OCH3 is 3. The summed E-state index contributed by atoms with van der Waals surface area (Å²) in [4.78, 5) is 17.8. The third-order valence-electron chi connectivity index (χ3n) is 6.37. The molecular formula is C27H25BrN4O4. The molecule has 1 aliphatic heterocycles. The van der Waals surface area contributed by atoms with Gasteiger partial charge in [0.2, 0.25) is 5.75 Å². The quantitative estimate of drug-likeness (QED) is 0.324. The first kappa shape index (κ1) is 23.9. The van der Waals surface area contributed by atoms with Crippen LogP contribution in [-0.4, -0.2) is 47.5 Å². The van der Waals surface area contributed by atoms with Crippen LogP contribution in [0.1, 0.15) is 33.9 Å². The molecule has 184 valence electrons. The van der Waals surface area contributed by atoms with E-state index in [1.54, 1.807) is 50.9 Å². The predicted molar refractivity (Wildman–Crippen MR) is 141 cm³/mol. The van der Waals surface area contributed by atoms with E-state index < -0.39 is 0 Å². The van der Waals surface area contributed by atoms with Crippen molar-refractivity contribution in [3.8, 4) is 17.2 Å². The van der Waals surface area contributed by atoms with Crippen LogP contribution < -0.4 is 14.2 Å². The molecule has 8 nitrogen and oxygen atoms in total. The molecule has 0 aliphatic carbocycles. The van der Waals surface area contributed by atoms with Crippen molar-refractivity contribution in [2.75, 3.05) is 21.3 Å². The molecule has 0 bridgehead atoms. The number of rotatable bonds is 6. The summed E-state index contributed by atoms with van der Waals surface area (Å²) >= 11 is 3.59. The highest BCUT2D eigenvalue weighted by Gasteiger charge is 2.36. The van der Waals surface area contributed by atoms with Crippen LogP contribution in [0.4, 0.5) is 0 Å². The summed E-state index contributed by atoms with van der Waals surface area (Å²) in [6, 6.07) is 13.0. The predicted octanol–water partition coefficient (Wildman–Crippen LogP) is 5.35. The van der Waals surface area contributed by atoms with Crippen molar-refractivity contribution in [1.29, 1.82) is 0 Å². The largest absolute Gasteiger partial charge is 0.493 e. The maximum atomic E-state index is 13.7. The van der Waals surface area contributed by atoms with Gasteiger partial charge >= 0.3 is 0 Å². The van der Waals surface area contributed by atoms with E-state index in [1.807, 2.05) is 25.2 Å². The van der Waals surface area contributed by atoms with Crippen LogP contribution in [0.5, 0.6) is 17.2 Å². The Morgan fingerprint density at radius 1 is 1.06 bits per heavy atom. The van der Waals surface area contributed by atoms with Crippen molar-refractivity contribution in [2.24, 2.45) is 12.1 Å². The van der Waals surface area contributed by atoms with Gasteiger partial charge in [-0.05, 0) is 42.5 Å². The van der Waals surface area contributed by atoms with Crippen LogP contribution in [0.3, 0.4) is 0 Å². The summed E-state index contributed by atoms with van der Waals surface area (Å²) in [5, 5.41) is 7.46. The first-order chi connectivity index (χ1) is 17.4. The number of carbonyl (C=O) groups excluding carboxylic acids is 1. The summed E-state index contributed by atoms with van der Waals surface area (Å²) in [6.45, 7) is 0. The first-order valence-electron chi connectivity index (χ1n) is 11.3. The zero-order chi connectivity index (χ0) is 25.4. The van der Waals surface area contributed by atoms with Gasteiger partial charge in [-0.3, -0.25) is 9.78 Å². The fraction of sp³-hybridized carbons (Fsp3) is 0.222. The van der Waals surface area contributed by atoms with E-state index >= 15 is 0 Å². The molecule has 9 heteroatoms. The SMILES string of the molecule is COc1cc(C2=NN(C(=O)c3cccnc3)C(c3cn(C)c4ccc(Br)cc34)C2)cc(OC)c1OC. The van der Waals surface area contributed by atoms with Crippen LogP contribution in [-0.2, 0) is 7.05 Å². The minimum atomic E-state index is -0.315. The number of nitrogens with zero attached hydrogens (tertiary/aromatic N) is 4. The van der Waals surface area contributed by atoms with Gasteiger partial charge in [0.05, 0.1) is 38.6 Å². The van der Waals surface area contributed by atoms with Crippen molar-refractivity contribution in [3.63, 3.8) is 0 Å². The van der Waals surface area contributed by atoms with E-state index in [9.17, 15) is 4.79 Å². The number of pyridine rings is 1. The molecule has 0 saturated carbocycles. The summed E-state index contributed by atoms with van der Waals surface area (Å²) < 4.78 is 19.6. The number of halogens is 1. The fourth-order valence-electron chi connectivity index (χ4n) is 4.64. The van der Waals surface area contributed by atoms with Crippen molar-refractivity contribution in [1.82, 2.24) is 14.6 Å². The topological polar surface area (TPSA) is 78.2 Å². The van der Waals surface area contributed by atoms with Crippen LogP contribution in [0, 0.1) is 0 Å². The number of hydrazone groups is 1. The molecule has 4 aromatic rings. The normalized spacial score (nSPS) is 15.2. The molecule has 5 rings (SSSR count). The fourth-order valence-corrected chi connectivity index (χ4v) is 5.01. The summed E-state index contributed by atoms with van der Waals surface area (Å²) in [5.41, 5.74) is 4.08. The molecule has 2 aromatic carbocycles. The van der Waals surface area contributed by atoms with E-state index in [0.29, 0.717) is 29.2 Å². The second-order valence-electron chi connectivity index (χ2n) is 8.43. The lowest BCUT2D eigenvalue weighted by Gasteiger charge is -2.21. The highest BCUT2D eigenvalue weighted by Crippen LogP contribution is 2.42. The molecule has 1 unspecified atom stereocenters. The van der Waals surface area contributed by atoms with Crippen LogP contribution in [0.2, 0.25) is 0 Å². The molecule has 1 amide bonds. The Labute approximate surface area is 217 Å². The number of aromatic nitrogens is 2. The average molecular weight is 549 g/mol. The number of amides is 1. The highest BCUT2D eigenvalue weighted by molar-refractivity contribution is 9.10. The molecule has 1 aliphatic rings. The van der Waals surface area contributed by atoms with Gasteiger partial charge in [0.1, 0.15) is 0 Å². The van der Waals surface area contributed by atoms with Crippen LogP contribution in [0.25, 0.3) is 10.9 Å². The number of carbonyl (C=O) groups is 1. The average Bonchev–Trinajstić information content (AvgIpc) is 3.49. The third kappa shape index (κ3) is 4.09. The number of hydrogen-bond donors (Lipinski definition) is 0. The van der Waals surface area contributed by atoms with E-state index in [1.165, 1.54) is 0 Å². The van der Waals surface area contributed by atoms with Gasteiger partial charge < -0.3 is 18.8 Å². The van der Waals surface area contributed by atoms with E-state index in [4.69, 9.17) is 19.3 Å². The van der Waals surface area contributed by atoms with Gasteiger partial charge in [0.15, 0.2) is 11.5 Å². The van der Waals surface area contributed by atoms with Crippen molar-refractivity contribution in [3.05, 3.63) is 82.2 Å². The van der Waals surface area contributed by atoms with Gasteiger partial charge in [-0.15, -0.1) is 0 Å². The third-order valence-corrected chi connectivity index (χ3v) is 6.86. The molecule has 0 saturated heterocycles. The standard InChI is InChI=1S/C27H25BrN4O4/c1-31-15-20(19-12-18(28)7-8-22(19)31)23-13-21(30-32(23)27(33)16-6-5-9-29-14-16)17-10-24(34-2)26(36-4)25(11-17)35-3/h5-12,14-15,23H,13H2,1-4H3. The second kappa shape index (κ2) is 9.66. The van der Waals surface area contributed by atoms with Gasteiger partial charge in [-0.25, -0.2) is 5.01 Å². The van der Waals surface area contributed by atoms with Gasteiger partial charge in [0, 0.05) is 58.6 Å². The Morgan fingerprint density at radius 3 is 2.44 bits per heavy atom. The summed E-state index contributed by atoms with van der Waals surface area (Å²) in [6.07, 6.45) is 5.78.